The molecule has 1 aromatic heterocycles. The first-order valence-electron chi connectivity index (χ1n) is 12.5. The summed E-state index contributed by atoms with van der Waals surface area (Å²) < 4.78 is 7.45. The Labute approximate surface area is 200 Å². The molecule has 4 fully saturated rings. The smallest absolute Gasteiger partial charge is 0.317 e. The van der Waals surface area contributed by atoms with Gasteiger partial charge in [0.1, 0.15) is 0 Å². The van der Waals surface area contributed by atoms with Gasteiger partial charge in [-0.15, -0.1) is 0 Å². The molecule has 2 aromatic carbocycles. The Morgan fingerprint density at radius 3 is 2.71 bits per heavy atom. The van der Waals surface area contributed by atoms with Gasteiger partial charge in [-0.25, -0.2) is 4.79 Å². The zero-order valence-corrected chi connectivity index (χ0v) is 19.8. The van der Waals surface area contributed by atoms with E-state index in [9.17, 15) is 4.79 Å². The number of carbonyl (C=O) groups is 1. The van der Waals surface area contributed by atoms with Crippen LogP contribution in [0.15, 0.2) is 48.5 Å². The quantitative estimate of drug-likeness (QED) is 0.649. The normalized spacial score (nSPS) is 26.7. The second-order valence-electron chi connectivity index (χ2n) is 9.97. The highest BCUT2D eigenvalue weighted by Gasteiger charge is 2.42. The van der Waals surface area contributed by atoms with Crippen molar-refractivity contribution in [3.8, 4) is 11.3 Å². The molecular formula is C27H33N5O2. The van der Waals surface area contributed by atoms with Crippen molar-refractivity contribution in [1.82, 2.24) is 24.9 Å². The molecule has 7 rings (SSSR count). The van der Waals surface area contributed by atoms with Crippen LogP contribution in [0, 0.1) is 5.92 Å². The molecule has 7 nitrogen and oxygen atoms in total. The van der Waals surface area contributed by atoms with Gasteiger partial charge < -0.3 is 15.0 Å². The first kappa shape index (κ1) is 21.6. The number of rotatable bonds is 4. The number of benzene rings is 2. The minimum Gasteiger partial charge on any atom is -0.378 e. The maximum atomic E-state index is 12.5. The summed E-state index contributed by atoms with van der Waals surface area (Å²) in [7, 11) is 2.08. The van der Waals surface area contributed by atoms with E-state index in [1.807, 2.05) is 4.90 Å². The number of urea groups is 1. The Bertz CT molecular complexity index is 1180. The number of piperidine rings is 3. The molecule has 4 aliphatic rings. The van der Waals surface area contributed by atoms with Gasteiger partial charge in [0.2, 0.25) is 0 Å². The van der Waals surface area contributed by atoms with E-state index in [0.29, 0.717) is 44.2 Å². The Morgan fingerprint density at radius 2 is 1.91 bits per heavy atom. The number of ether oxygens (including phenoxy) is 1. The van der Waals surface area contributed by atoms with Crippen LogP contribution in [0.25, 0.3) is 22.0 Å². The number of hydrogen-bond donors (Lipinski definition) is 1. The van der Waals surface area contributed by atoms with Gasteiger partial charge in [-0.3, -0.25) is 9.58 Å². The SMILES string of the molecule is Cn1nc(-c2ccc3ccccc3c2)cc1[C@H]1CN2CC[C@H]1C[C@@H]2CNC(=O)N1CCOCC1. The summed E-state index contributed by atoms with van der Waals surface area (Å²) in [5.41, 5.74) is 3.55. The molecule has 1 unspecified atom stereocenters. The molecule has 4 saturated heterocycles. The van der Waals surface area contributed by atoms with Gasteiger partial charge in [0.15, 0.2) is 0 Å². The summed E-state index contributed by atoms with van der Waals surface area (Å²) in [5, 5.41) is 10.6. The zero-order chi connectivity index (χ0) is 23.1. The monoisotopic (exact) mass is 459 g/mol. The number of carbonyl (C=O) groups excluding carboxylic acids is 1. The van der Waals surface area contributed by atoms with Crippen LogP contribution < -0.4 is 5.32 Å². The molecule has 2 amide bonds. The van der Waals surface area contributed by atoms with Crippen molar-refractivity contribution in [3.05, 3.63) is 54.2 Å². The van der Waals surface area contributed by atoms with Crippen LogP contribution in [0.1, 0.15) is 24.5 Å². The molecule has 0 saturated carbocycles. The average Bonchev–Trinajstić information content (AvgIpc) is 3.29. The number of hydrogen-bond acceptors (Lipinski definition) is 4. The van der Waals surface area contributed by atoms with Crippen LogP contribution in [-0.2, 0) is 11.8 Å². The van der Waals surface area contributed by atoms with Crippen molar-refractivity contribution >= 4 is 16.8 Å². The summed E-state index contributed by atoms with van der Waals surface area (Å²) in [6, 6.07) is 17.9. The summed E-state index contributed by atoms with van der Waals surface area (Å²) in [4.78, 5) is 17.0. The second kappa shape index (κ2) is 9.04. The van der Waals surface area contributed by atoms with Gasteiger partial charge >= 0.3 is 6.03 Å². The molecule has 178 valence electrons. The minimum atomic E-state index is 0.0501. The van der Waals surface area contributed by atoms with Crippen LogP contribution in [-0.4, -0.2) is 77.6 Å². The van der Waals surface area contributed by atoms with E-state index in [4.69, 9.17) is 9.84 Å². The van der Waals surface area contributed by atoms with E-state index in [0.717, 1.165) is 31.7 Å². The van der Waals surface area contributed by atoms with E-state index in [1.54, 1.807) is 0 Å². The fourth-order valence-corrected chi connectivity index (χ4v) is 6.09. The van der Waals surface area contributed by atoms with E-state index >= 15 is 0 Å². The molecule has 5 heterocycles. The Morgan fingerprint density at radius 1 is 1.09 bits per heavy atom. The Kier molecular flexibility index (Phi) is 5.75. The summed E-state index contributed by atoms with van der Waals surface area (Å²) in [6.07, 6.45) is 2.35. The van der Waals surface area contributed by atoms with Gasteiger partial charge in [0.25, 0.3) is 0 Å². The molecule has 0 radical (unpaired) electrons. The standard InChI is InChI=1S/C27H33N5O2/c1-30-26(16-25(29-30)22-7-6-19-4-2-3-5-20(19)14-22)24-18-32-9-8-21(24)15-23(32)17-28-27(33)31-10-12-34-13-11-31/h2-7,14,16,21,23-24H,8-13,15,17-18H2,1H3,(H,28,33)/t21-,23+,24-/m0/s1. The number of fused-ring (bicyclic) bond motifs is 4. The maximum absolute atomic E-state index is 12.5. The maximum Gasteiger partial charge on any atom is 0.317 e. The third-order valence-corrected chi connectivity index (χ3v) is 8.01. The highest BCUT2D eigenvalue weighted by molar-refractivity contribution is 5.86. The molecule has 4 aliphatic heterocycles. The Hall–Kier alpha value is -2.90. The van der Waals surface area contributed by atoms with Crippen LogP contribution in [0.4, 0.5) is 4.79 Å². The third kappa shape index (κ3) is 4.07. The fraction of sp³-hybridized carbons (Fsp3) is 0.481. The van der Waals surface area contributed by atoms with Gasteiger partial charge in [-0.1, -0.05) is 36.4 Å². The molecule has 0 spiro atoms. The minimum absolute atomic E-state index is 0.0501. The van der Waals surface area contributed by atoms with Gasteiger partial charge in [0.05, 0.1) is 18.9 Å². The third-order valence-electron chi connectivity index (χ3n) is 8.01. The summed E-state index contributed by atoms with van der Waals surface area (Å²) >= 11 is 0. The molecule has 7 heteroatoms. The van der Waals surface area contributed by atoms with Crippen molar-refractivity contribution in [2.45, 2.75) is 24.8 Å². The Balaban J connectivity index is 1.14. The first-order valence-corrected chi connectivity index (χ1v) is 12.5. The molecule has 34 heavy (non-hydrogen) atoms. The number of amides is 2. The predicted molar refractivity (Wildman–Crippen MR) is 133 cm³/mol. The van der Waals surface area contributed by atoms with Crippen molar-refractivity contribution in [3.63, 3.8) is 0 Å². The highest BCUT2D eigenvalue weighted by atomic mass is 16.5. The van der Waals surface area contributed by atoms with Gasteiger partial charge in [0, 0.05) is 56.4 Å². The highest BCUT2D eigenvalue weighted by Crippen LogP contribution is 2.42. The van der Waals surface area contributed by atoms with Crippen molar-refractivity contribution in [1.29, 1.82) is 0 Å². The van der Waals surface area contributed by atoms with Crippen LogP contribution in [0.5, 0.6) is 0 Å². The molecule has 1 N–H and O–H groups in total. The zero-order valence-electron chi connectivity index (χ0n) is 19.8. The lowest BCUT2D eigenvalue weighted by molar-refractivity contribution is 0.0265. The average molecular weight is 460 g/mol. The summed E-state index contributed by atoms with van der Waals surface area (Å²) in [6.45, 7) is 5.54. The fourth-order valence-electron chi connectivity index (χ4n) is 6.09. The van der Waals surface area contributed by atoms with Crippen LogP contribution in [0.3, 0.4) is 0 Å². The van der Waals surface area contributed by atoms with Crippen LogP contribution >= 0.6 is 0 Å². The van der Waals surface area contributed by atoms with Gasteiger partial charge in [-0.05, 0) is 48.2 Å². The van der Waals surface area contributed by atoms with E-state index in [-0.39, 0.29) is 6.03 Å². The van der Waals surface area contributed by atoms with E-state index < -0.39 is 0 Å². The number of aryl methyl sites for hydroxylation is 1. The molecule has 4 atom stereocenters. The lowest BCUT2D eigenvalue weighted by Gasteiger charge is -2.50. The lowest BCUT2D eigenvalue weighted by Crippen LogP contribution is -2.57. The van der Waals surface area contributed by atoms with Crippen molar-refractivity contribution in [2.75, 3.05) is 45.9 Å². The summed E-state index contributed by atoms with van der Waals surface area (Å²) in [5.74, 6) is 1.13. The molecular weight excluding hydrogens is 426 g/mol. The van der Waals surface area contributed by atoms with Crippen molar-refractivity contribution < 1.29 is 9.53 Å². The number of nitrogens with zero attached hydrogens (tertiary/aromatic N) is 4. The van der Waals surface area contributed by atoms with Gasteiger partial charge in [-0.2, -0.15) is 5.10 Å². The van der Waals surface area contributed by atoms with E-state index in [1.165, 1.54) is 28.5 Å². The molecule has 3 aromatic rings. The molecule has 2 bridgehead atoms. The number of morpholine rings is 1. The molecule has 0 aliphatic carbocycles. The topological polar surface area (TPSA) is 62.6 Å². The van der Waals surface area contributed by atoms with Crippen molar-refractivity contribution in [2.24, 2.45) is 13.0 Å². The second-order valence-corrected chi connectivity index (χ2v) is 9.97. The lowest BCUT2D eigenvalue weighted by atomic mass is 9.74. The van der Waals surface area contributed by atoms with Crippen LogP contribution in [0.2, 0.25) is 0 Å². The number of nitrogens with one attached hydrogen (secondary N) is 1. The predicted octanol–water partition coefficient (Wildman–Crippen LogP) is 3.46. The van der Waals surface area contributed by atoms with E-state index in [2.05, 4.69) is 70.5 Å². The first-order chi connectivity index (χ1) is 16.7. The number of aromatic nitrogens is 2. The largest absolute Gasteiger partial charge is 0.378 e.